The Labute approximate surface area is 199 Å². The number of esters is 1. The van der Waals surface area contributed by atoms with Gasteiger partial charge in [0.2, 0.25) is 5.91 Å². The van der Waals surface area contributed by atoms with Crippen LogP contribution >= 0.6 is 24.0 Å². The van der Waals surface area contributed by atoms with Crippen molar-refractivity contribution < 1.29 is 29.0 Å². The molecule has 2 N–H and O–H groups in total. The van der Waals surface area contributed by atoms with Gasteiger partial charge in [-0.05, 0) is 54.5 Å². The molecule has 8 nitrogen and oxygen atoms in total. The van der Waals surface area contributed by atoms with E-state index in [1.807, 2.05) is 0 Å². The van der Waals surface area contributed by atoms with Crippen LogP contribution in [0.4, 0.5) is 5.69 Å². The van der Waals surface area contributed by atoms with E-state index in [0.717, 1.165) is 5.56 Å². The van der Waals surface area contributed by atoms with E-state index in [9.17, 15) is 19.2 Å². The van der Waals surface area contributed by atoms with Gasteiger partial charge in [-0.2, -0.15) is 0 Å². The summed E-state index contributed by atoms with van der Waals surface area (Å²) in [6.07, 6.45) is 2.28. The molecule has 33 heavy (non-hydrogen) atoms. The lowest BCUT2D eigenvalue weighted by Gasteiger charge is -2.14. The van der Waals surface area contributed by atoms with Crippen LogP contribution in [0.3, 0.4) is 0 Å². The number of ether oxygens (including phenoxy) is 1. The Morgan fingerprint density at radius 3 is 2.33 bits per heavy atom. The molecule has 0 spiro atoms. The van der Waals surface area contributed by atoms with Gasteiger partial charge in [-0.1, -0.05) is 36.1 Å². The molecule has 0 atom stereocenters. The Morgan fingerprint density at radius 1 is 1.09 bits per heavy atom. The quantitative estimate of drug-likeness (QED) is 0.331. The van der Waals surface area contributed by atoms with Crippen LogP contribution in [-0.4, -0.2) is 51.7 Å². The SMILES string of the molecule is COC(=O)c1ccc(/C=C2\SC(=S)N(CCCC(=O)Nc3ccc(C(=O)O)cc3)C2=O)cc1. The number of thiocarbonyl (C=S) groups is 1. The topological polar surface area (TPSA) is 113 Å². The van der Waals surface area contributed by atoms with Crippen molar-refractivity contribution in [2.75, 3.05) is 19.0 Å². The van der Waals surface area contributed by atoms with Gasteiger partial charge in [-0.25, -0.2) is 9.59 Å². The fraction of sp³-hybridized carbons (Fsp3) is 0.174. The van der Waals surface area contributed by atoms with Crippen LogP contribution in [0.1, 0.15) is 39.1 Å². The second kappa shape index (κ2) is 10.9. The summed E-state index contributed by atoms with van der Waals surface area (Å²) >= 11 is 6.50. The van der Waals surface area contributed by atoms with Gasteiger partial charge in [-0.15, -0.1) is 0 Å². The fourth-order valence-electron chi connectivity index (χ4n) is 2.99. The highest BCUT2D eigenvalue weighted by Gasteiger charge is 2.31. The second-order valence-corrected chi connectivity index (χ2v) is 8.66. The van der Waals surface area contributed by atoms with Crippen LogP contribution in [-0.2, 0) is 14.3 Å². The molecule has 1 heterocycles. The summed E-state index contributed by atoms with van der Waals surface area (Å²) in [5, 5.41) is 11.6. The zero-order valence-corrected chi connectivity index (χ0v) is 19.2. The van der Waals surface area contributed by atoms with Crippen molar-refractivity contribution in [3.63, 3.8) is 0 Å². The van der Waals surface area contributed by atoms with Crippen molar-refractivity contribution >= 4 is 63.8 Å². The molecule has 170 valence electrons. The second-order valence-electron chi connectivity index (χ2n) is 6.98. The van der Waals surface area contributed by atoms with Gasteiger partial charge in [0.25, 0.3) is 5.91 Å². The Morgan fingerprint density at radius 2 is 1.73 bits per heavy atom. The lowest BCUT2D eigenvalue weighted by atomic mass is 10.1. The van der Waals surface area contributed by atoms with Crippen LogP contribution in [0.15, 0.2) is 53.4 Å². The van der Waals surface area contributed by atoms with E-state index in [4.69, 9.17) is 17.3 Å². The maximum Gasteiger partial charge on any atom is 0.337 e. The molecule has 0 saturated carbocycles. The number of rotatable bonds is 8. The third kappa shape index (κ3) is 6.27. The Hall–Kier alpha value is -3.50. The number of carbonyl (C=O) groups excluding carboxylic acids is 3. The molecule has 1 saturated heterocycles. The number of anilines is 1. The third-order valence-corrected chi connectivity index (χ3v) is 6.08. The van der Waals surface area contributed by atoms with Crippen LogP contribution in [0.5, 0.6) is 0 Å². The molecule has 0 radical (unpaired) electrons. The van der Waals surface area contributed by atoms with Gasteiger partial charge >= 0.3 is 11.9 Å². The van der Waals surface area contributed by atoms with Crippen molar-refractivity contribution in [2.24, 2.45) is 0 Å². The number of carbonyl (C=O) groups is 4. The van der Waals surface area contributed by atoms with E-state index in [-0.39, 0.29) is 23.8 Å². The first-order chi connectivity index (χ1) is 15.8. The molecule has 2 amide bonds. The standard InChI is InChI=1S/C23H20N2O6S2/c1-31-22(30)16-6-4-14(5-7-16)13-18-20(27)25(23(32)33-18)12-2-3-19(26)24-17-10-8-15(9-11-17)21(28)29/h4-11,13H,2-3,12H2,1H3,(H,24,26)(H,28,29)/b18-13-. The van der Waals surface area contributed by atoms with Crippen LogP contribution in [0.2, 0.25) is 0 Å². The van der Waals surface area contributed by atoms with Crippen LogP contribution in [0, 0.1) is 0 Å². The molecule has 3 rings (SSSR count). The minimum Gasteiger partial charge on any atom is -0.478 e. The zero-order valence-electron chi connectivity index (χ0n) is 17.6. The van der Waals surface area contributed by atoms with Crippen molar-refractivity contribution in [3.8, 4) is 0 Å². The molecule has 0 bridgehead atoms. The molecular formula is C23H20N2O6S2. The lowest BCUT2D eigenvalue weighted by Crippen LogP contribution is -2.29. The van der Waals surface area contributed by atoms with E-state index in [1.165, 1.54) is 48.0 Å². The first kappa shape index (κ1) is 24.1. The highest BCUT2D eigenvalue weighted by atomic mass is 32.2. The Balaban J connectivity index is 1.52. The first-order valence-corrected chi connectivity index (χ1v) is 11.1. The van der Waals surface area contributed by atoms with Crippen LogP contribution in [0.25, 0.3) is 6.08 Å². The molecule has 0 unspecified atom stereocenters. The molecule has 2 aromatic rings. The number of amides is 2. The first-order valence-electron chi connectivity index (χ1n) is 9.85. The van der Waals surface area contributed by atoms with Crippen LogP contribution < -0.4 is 5.32 Å². The summed E-state index contributed by atoms with van der Waals surface area (Å²) in [4.78, 5) is 49.2. The van der Waals surface area contributed by atoms with Gasteiger partial charge in [0.1, 0.15) is 4.32 Å². The molecule has 1 fully saturated rings. The number of methoxy groups -OCH3 is 1. The Kier molecular flexibility index (Phi) is 7.96. The third-order valence-electron chi connectivity index (χ3n) is 4.70. The summed E-state index contributed by atoms with van der Waals surface area (Å²) in [7, 11) is 1.31. The van der Waals surface area contributed by atoms with Gasteiger partial charge < -0.3 is 15.2 Å². The van der Waals surface area contributed by atoms with E-state index < -0.39 is 11.9 Å². The Bertz CT molecular complexity index is 1130. The smallest absolute Gasteiger partial charge is 0.337 e. The van der Waals surface area contributed by atoms with Crippen molar-refractivity contribution in [3.05, 3.63) is 70.1 Å². The summed E-state index contributed by atoms with van der Waals surface area (Å²) in [5.74, 6) is -1.95. The lowest BCUT2D eigenvalue weighted by molar-refractivity contribution is -0.122. The average molecular weight is 485 g/mol. The summed E-state index contributed by atoms with van der Waals surface area (Å²) < 4.78 is 5.09. The number of hydrogen-bond donors (Lipinski definition) is 2. The summed E-state index contributed by atoms with van der Waals surface area (Å²) in [5.41, 5.74) is 1.79. The molecule has 2 aromatic carbocycles. The predicted molar refractivity (Wildman–Crippen MR) is 129 cm³/mol. The normalized spacial score (nSPS) is 14.5. The molecule has 1 aliphatic heterocycles. The molecule has 0 aliphatic carbocycles. The number of nitrogens with one attached hydrogen (secondary N) is 1. The molecule has 10 heteroatoms. The maximum atomic E-state index is 12.7. The zero-order chi connectivity index (χ0) is 24.0. The minimum absolute atomic E-state index is 0.134. The van der Waals surface area contributed by atoms with Crippen molar-refractivity contribution in [1.82, 2.24) is 4.90 Å². The van der Waals surface area contributed by atoms with E-state index in [2.05, 4.69) is 10.1 Å². The van der Waals surface area contributed by atoms with Crippen molar-refractivity contribution in [1.29, 1.82) is 0 Å². The summed E-state index contributed by atoms with van der Waals surface area (Å²) in [6.45, 7) is 0.300. The van der Waals surface area contributed by atoms with Gasteiger partial charge in [0.15, 0.2) is 0 Å². The number of benzene rings is 2. The van der Waals surface area contributed by atoms with E-state index >= 15 is 0 Å². The van der Waals surface area contributed by atoms with E-state index in [0.29, 0.717) is 33.4 Å². The molecule has 1 aliphatic rings. The number of carboxylic acids is 1. The molecular weight excluding hydrogens is 464 g/mol. The molecule has 0 aromatic heterocycles. The van der Waals surface area contributed by atoms with Gasteiger partial charge in [0, 0.05) is 18.7 Å². The largest absolute Gasteiger partial charge is 0.478 e. The number of hydrogen-bond acceptors (Lipinski definition) is 7. The predicted octanol–water partition coefficient (Wildman–Crippen LogP) is 3.79. The minimum atomic E-state index is -1.04. The van der Waals surface area contributed by atoms with Gasteiger partial charge in [0.05, 0.1) is 23.1 Å². The number of nitrogens with zero attached hydrogens (tertiary/aromatic N) is 1. The highest BCUT2D eigenvalue weighted by Crippen LogP contribution is 2.32. The number of carboxylic acid groups (broad SMARTS) is 1. The van der Waals surface area contributed by atoms with Crippen molar-refractivity contribution in [2.45, 2.75) is 12.8 Å². The average Bonchev–Trinajstić information content (AvgIpc) is 3.06. The number of thioether (sulfide) groups is 1. The monoisotopic (exact) mass is 484 g/mol. The summed E-state index contributed by atoms with van der Waals surface area (Å²) in [6, 6.07) is 12.5. The maximum absolute atomic E-state index is 12.7. The highest BCUT2D eigenvalue weighted by molar-refractivity contribution is 8.26. The van der Waals surface area contributed by atoms with E-state index in [1.54, 1.807) is 30.3 Å². The van der Waals surface area contributed by atoms with Gasteiger partial charge in [-0.3, -0.25) is 14.5 Å². The fourth-order valence-corrected chi connectivity index (χ4v) is 4.30. The number of aromatic carboxylic acids is 1.